The van der Waals surface area contributed by atoms with E-state index in [4.69, 9.17) is 5.84 Å². The Hall–Kier alpha value is -0.650. The number of carbonyl (C=O) groups is 1. The number of nitrogens with two attached hydrogens (primary N) is 1. The van der Waals surface area contributed by atoms with Crippen LogP contribution in [0.2, 0.25) is 0 Å². The molecule has 1 amide bonds. The Morgan fingerprint density at radius 1 is 1.47 bits per heavy atom. The summed E-state index contributed by atoms with van der Waals surface area (Å²) in [5, 5.41) is 9.24. The minimum atomic E-state index is -0.143. The molecule has 0 aromatic carbocycles. The Kier molecular flexibility index (Phi) is 5.60. The molecule has 5 nitrogen and oxygen atoms in total. The summed E-state index contributed by atoms with van der Waals surface area (Å²) in [7, 11) is 0. The fourth-order valence-electron chi connectivity index (χ4n) is 2.06. The first-order valence-electron chi connectivity index (χ1n) is 5.62. The molecule has 4 N–H and O–H groups in total. The monoisotopic (exact) mass is 215 g/mol. The van der Waals surface area contributed by atoms with Crippen LogP contribution in [0.4, 0.5) is 0 Å². The molecule has 0 aliphatic carbocycles. The van der Waals surface area contributed by atoms with Crippen molar-refractivity contribution >= 4 is 5.91 Å². The minimum Gasteiger partial charge on any atom is -0.395 e. The molecule has 0 spiro atoms. The van der Waals surface area contributed by atoms with E-state index in [1.54, 1.807) is 0 Å². The lowest BCUT2D eigenvalue weighted by Crippen LogP contribution is -2.40. The number of hydrazine groups is 1. The van der Waals surface area contributed by atoms with Gasteiger partial charge < -0.3 is 5.11 Å². The zero-order chi connectivity index (χ0) is 11.1. The summed E-state index contributed by atoms with van der Waals surface area (Å²) >= 11 is 0. The lowest BCUT2D eigenvalue weighted by Gasteiger charge is -2.27. The Balaban J connectivity index is 2.37. The van der Waals surface area contributed by atoms with Gasteiger partial charge in [-0.05, 0) is 19.4 Å². The Morgan fingerprint density at radius 3 is 2.93 bits per heavy atom. The van der Waals surface area contributed by atoms with Crippen LogP contribution in [0.15, 0.2) is 0 Å². The summed E-state index contributed by atoms with van der Waals surface area (Å²) < 4.78 is 0. The highest BCUT2D eigenvalue weighted by Gasteiger charge is 2.20. The van der Waals surface area contributed by atoms with E-state index in [2.05, 4.69) is 10.3 Å². The van der Waals surface area contributed by atoms with E-state index in [9.17, 15) is 9.90 Å². The van der Waals surface area contributed by atoms with Crippen molar-refractivity contribution < 1.29 is 9.90 Å². The third-order valence-corrected chi connectivity index (χ3v) is 3.00. The minimum absolute atomic E-state index is 0.143. The first-order chi connectivity index (χ1) is 7.27. The van der Waals surface area contributed by atoms with Crippen LogP contribution in [0.5, 0.6) is 0 Å². The Bertz CT molecular complexity index is 199. The molecular weight excluding hydrogens is 194 g/mol. The second-order valence-electron chi connectivity index (χ2n) is 4.04. The number of hydrogen-bond acceptors (Lipinski definition) is 4. The molecule has 1 fully saturated rings. The molecule has 1 atom stereocenters. The van der Waals surface area contributed by atoms with Crippen LogP contribution in [-0.4, -0.2) is 41.7 Å². The number of hydrogen-bond donors (Lipinski definition) is 3. The largest absolute Gasteiger partial charge is 0.395 e. The van der Waals surface area contributed by atoms with E-state index >= 15 is 0 Å². The van der Waals surface area contributed by atoms with Crippen molar-refractivity contribution in [3.63, 3.8) is 0 Å². The molecule has 1 saturated heterocycles. The number of aliphatic hydroxyl groups excluding tert-OH is 1. The zero-order valence-electron chi connectivity index (χ0n) is 9.11. The molecule has 0 radical (unpaired) electrons. The van der Waals surface area contributed by atoms with Crippen molar-refractivity contribution in [1.82, 2.24) is 10.3 Å². The number of nitrogens with one attached hydrogen (secondary N) is 1. The number of rotatable bonds is 4. The van der Waals surface area contributed by atoms with Crippen LogP contribution in [0.3, 0.4) is 0 Å². The highest BCUT2D eigenvalue weighted by molar-refractivity contribution is 5.75. The fourth-order valence-corrected chi connectivity index (χ4v) is 2.06. The fraction of sp³-hybridized carbons (Fsp3) is 0.900. The average Bonchev–Trinajstić information content (AvgIpc) is 2.50. The number of amides is 1. The van der Waals surface area contributed by atoms with Crippen molar-refractivity contribution in [3.05, 3.63) is 0 Å². The molecule has 88 valence electrons. The van der Waals surface area contributed by atoms with Crippen LogP contribution >= 0.6 is 0 Å². The third kappa shape index (κ3) is 4.15. The first kappa shape index (κ1) is 12.4. The number of nitrogens with zero attached hydrogens (tertiary/aromatic N) is 1. The Morgan fingerprint density at radius 2 is 2.27 bits per heavy atom. The van der Waals surface area contributed by atoms with Gasteiger partial charge in [0.15, 0.2) is 0 Å². The second-order valence-corrected chi connectivity index (χ2v) is 4.04. The third-order valence-electron chi connectivity index (χ3n) is 3.00. The number of aliphatic hydroxyl groups is 1. The van der Waals surface area contributed by atoms with Gasteiger partial charge in [-0.3, -0.25) is 15.1 Å². The van der Waals surface area contributed by atoms with Gasteiger partial charge in [0, 0.05) is 19.0 Å². The van der Waals surface area contributed by atoms with Gasteiger partial charge in [-0.2, -0.15) is 0 Å². The lowest BCUT2D eigenvalue weighted by molar-refractivity contribution is -0.121. The van der Waals surface area contributed by atoms with Gasteiger partial charge in [0.05, 0.1) is 6.61 Å². The summed E-state index contributed by atoms with van der Waals surface area (Å²) in [5.41, 5.74) is 2.12. The summed E-state index contributed by atoms with van der Waals surface area (Å²) in [6, 6.07) is 0.220. The van der Waals surface area contributed by atoms with Gasteiger partial charge in [0.25, 0.3) is 0 Å². The van der Waals surface area contributed by atoms with Crippen LogP contribution in [-0.2, 0) is 4.79 Å². The van der Waals surface area contributed by atoms with Gasteiger partial charge >= 0.3 is 0 Å². The molecule has 0 bridgehead atoms. The normalized spacial score (nSPS) is 23.5. The molecule has 1 unspecified atom stereocenters. The summed E-state index contributed by atoms with van der Waals surface area (Å²) in [6.45, 7) is 1.85. The topological polar surface area (TPSA) is 78.6 Å². The van der Waals surface area contributed by atoms with Crippen molar-refractivity contribution in [2.24, 2.45) is 5.84 Å². The quantitative estimate of drug-likeness (QED) is 0.339. The summed E-state index contributed by atoms with van der Waals surface area (Å²) in [6.07, 6.45) is 4.98. The van der Waals surface area contributed by atoms with Crippen molar-refractivity contribution in [2.45, 2.75) is 38.1 Å². The molecule has 0 saturated carbocycles. The molecule has 0 aromatic rings. The summed E-state index contributed by atoms with van der Waals surface area (Å²) in [4.78, 5) is 13.2. The predicted octanol–water partition coefficient (Wildman–Crippen LogP) is -0.397. The van der Waals surface area contributed by atoms with E-state index in [0.717, 1.165) is 19.4 Å². The van der Waals surface area contributed by atoms with E-state index in [-0.39, 0.29) is 18.6 Å². The molecular formula is C10H21N3O2. The molecule has 1 rings (SSSR count). The lowest BCUT2D eigenvalue weighted by atomic mass is 10.1. The van der Waals surface area contributed by atoms with E-state index < -0.39 is 0 Å². The first-order valence-corrected chi connectivity index (χ1v) is 5.62. The van der Waals surface area contributed by atoms with Gasteiger partial charge in [-0.25, -0.2) is 5.84 Å². The van der Waals surface area contributed by atoms with Gasteiger partial charge in [0.2, 0.25) is 5.91 Å². The molecule has 1 heterocycles. The number of likely N-dealkylation sites (tertiary alicyclic amines) is 1. The van der Waals surface area contributed by atoms with E-state index in [1.807, 2.05) is 0 Å². The van der Waals surface area contributed by atoms with E-state index in [0.29, 0.717) is 13.0 Å². The van der Waals surface area contributed by atoms with Crippen molar-refractivity contribution in [3.8, 4) is 0 Å². The van der Waals surface area contributed by atoms with Crippen LogP contribution < -0.4 is 11.3 Å². The average molecular weight is 215 g/mol. The molecule has 1 aliphatic rings. The van der Waals surface area contributed by atoms with Crippen LogP contribution in [0.25, 0.3) is 0 Å². The van der Waals surface area contributed by atoms with Gasteiger partial charge in [-0.1, -0.05) is 12.8 Å². The molecule has 15 heavy (non-hydrogen) atoms. The second kappa shape index (κ2) is 6.76. The van der Waals surface area contributed by atoms with Crippen LogP contribution in [0.1, 0.15) is 32.1 Å². The smallest absolute Gasteiger partial charge is 0.235 e. The van der Waals surface area contributed by atoms with Gasteiger partial charge in [-0.15, -0.1) is 0 Å². The molecule has 0 aromatic heterocycles. The molecule has 5 heteroatoms. The highest BCUT2D eigenvalue weighted by Crippen LogP contribution is 2.16. The maximum absolute atomic E-state index is 11.0. The van der Waals surface area contributed by atoms with Crippen molar-refractivity contribution in [2.75, 3.05) is 19.7 Å². The van der Waals surface area contributed by atoms with E-state index in [1.165, 1.54) is 12.8 Å². The predicted molar refractivity (Wildman–Crippen MR) is 57.9 cm³/mol. The van der Waals surface area contributed by atoms with Crippen LogP contribution in [0, 0.1) is 0 Å². The Labute approximate surface area is 90.6 Å². The highest BCUT2D eigenvalue weighted by atomic mass is 16.3. The van der Waals surface area contributed by atoms with Gasteiger partial charge in [0.1, 0.15) is 0 Å². The zero-order valence-corrected chi connectivity index (χ0v) is 9.11. The maximum Gasteiger partial charge on any atom is 0.235 e. The maximum atomic E-state index is 11.0. The van der Waals surface area contributed by atoms with Crippen molar-refractivity contribution in [1.29, 1.82) is 0 Å². The standard InChI is InChI=1S/C10H21N3O2/c11-12-10(15)5-7-13-6-3-1-2-4-9(13)8-14/h9,14H,1-8,11H2,(H,12,15). The number of carbonyl (C=O) groups excluding carboxylic acids is 1. The SMILES string of the molecule is NNC(=O)CCN1CCCCCC1CO. The molecule has 1 aliphatic heterocycles. The summed E-state index contributed by atoms with van der Waals surface area (Å²) in [5.74, 6) is 4.88.